The fourth-order valence-electron chi connectivity index (χ4n) is 3.25. The van der Waals surface area contributed by atoms with Crippen LogP contribution in [0.4, 0.5) is 0 Å². The lowest BCUT2D eigenvalue weighted by atomic mass is 9.80. The first-order valence-electron chi connectivity index (χ1n) is 7.39. The molecule has 0 atom stereocenters. The van der Waals surface area contributed by atoms with E-state index in [2.05, 4.69) is 45.7 Å². The normalized spacial score (nSPS) is 22.7. The maximum absolute atomic E-state index is 5.87. The first kappa shape index (κ1) is 14.5. The first-order chi connectivity index (χ1) is 8.88. The van der Waals surface area contributed by atoms with Crippen LogP contribution in [0, 0.1) is 33.6 Å². The fourth-order valence-corrected chi connectivity index (χ4v) is 3.25. The monoisotopic (exact) mass is 260 g/mol. The van der Waals surface area contributed by atoms with Crippen molar-refractivity contribution >= 4 is 0 Å². The summed E-state index contributed by atoms with van der Waals surface area (Å²) >= 11 is 0. The Hall–Kier alpha value is -0.860. The van der Waals surface area contributed by atoms with Gasteiger partial charge in [-0.1, -0.05) is 6.07 Å². The van der Waals surface area contributed by atoms with Gasteiger partial charge in [0.1, 0.15) is 0 Å². The highest BCUT2D eigenvalue weighted by Crippen LogP contribution is 2.28. The summed E-state index contributed by atoms with van der Waals surface area (Å²) in [6.45, 7) is 11.2. The number of benzene rings is 1. The van der Waals surface area contributed by atoms with E-state index in [0.29, 0.717) is 6.04 Å². The molecule has 2 heteroatoms. The van der Waals surface area contributed by atoms with Crippen molar-refractivity contribution in [2.45, 2.75) is 53.1 Å². The van der Waals surface area contributed by atoms with E-state index in [-0.39, 0.29) is 0 Å². The van der Waals surface area contributed by atoms with Crippen molar-refractivity contribution < 1.29 is 0 Å². The lowest BCUT2D eigenvalue weighted by Crippen LogP contribution is -2.41. The molecular formula is C17H28N2. The number of nitrogens with zero attached hydrogens (tertiary/aromatic N) is 1. The van der Waals surface area contributed by atoms with Crippen molar-refractivity contribution in [3.05, 3.63) is 33.9 Å². The van der Waals surface area contributed by atoms with Crippen LogP contribution in [0.2, 0.25) is 0 Å². The molecule has 0 aliphatic heterocycles. The molecule has 2 rings (SSSR count). The minimum Gasteiger partial charge on any atom is -0.328 e. The molecule has 1 fully saturated rings. The van der Waals surface area contributed by atoms with Crippen LogP contribution in [0.1, 0.15) is 40.7 Å². The number of nitrogens with two attached hydrogens (primary N) is 1. The van der Waals surface area contributed by atoms with E-state index >= 15 is 0 Å². The second-order valence-electron chi connectivity index (χ2n) is 6.53. The smallest absolute Gasteiger partial charge is 0.0236 e. The summed E-state index contributed by atoms with van der Waals surface area (Å²) in [5, 5.41) is 0. The third-order valence-electron chi connectivity index (χ3n) is 4.79. The largest absolute Gasteiger partial charge is 0.328 e. The Labute approximate surface area is 118 Å². The number of hydrogen-bond donors (Lipinski definition) is 1. The molecule has 2 N–H and O–H groups in total. The van der Waals surface area contributed by atoms with Gasteiger partial charge in [0.15, 0.2) is 0 Å². The van der Waals surface area contributed by atoms with Crippen molar-refractivity contribution in [3.8, 4) is 0 Å². The van der Waals surface area contributed by atoms with Crippen molar-refractivity contribution in [2.24, 2.45) is 11.7 Å². The Morgan fingerprint density at radius 1 is 1.11 bits per heavy atom. The Bertz CT molecular complexity index is 433. The zero-order valence-electron chi connectivity index (χ0n) is 13.1. The van der Waals surface area contributed by atoms with Gasteiger partial charge in [-0.05, 0) is 81.3 Å². The highest BCUT2D eigenvalue weighted by Gasteiger charge is 2.26. The topological polar surface area (TPSA) is 29.3 Å². The molecule has 1 aromatic rings. The van der Waals surface area contributed by atoms with E-state index in [4.69, 9.17) is 5.73 Å². The average molecular weight is 260 g/mol. The summed E-state index contributed by atoms with van der Waals surface area (Å²) < 4.78 is 0. The van der Waals surface area contributed by atoms with Crippen LogP contribution in [-0.4, -0.2) is 24.5 Å². The van der Waals surface area contributed by atoms with Gasteiger partial charge in [0, 0.05) is 19.1 Å². The van der Waals surface area contributed by atoms with E-state index in [0.717, 1.165) is 12.5 Å². The molecule has 2 nitrogen and oxygen atoms in total. The van der Waals surface area contributed by atoms with E-state index in [9.17, 15) is 0 Å². The highest BCUT2D eigenvalue weighted by molar-refractivity contribution is 5.43. The highest BCUT2D eigenvalue weighted by atomic mass is 15.1. The molecule has 0 unspecified atom stereocenters. The summed E-state index contributed by atoms with van der Waals surface area (Å²) in [7, 11) is 2.24. The van der Waals surface area contributed by atoms with Crippen molar-refractivity contribution in [1.29, 1.82) is 0 Å². The molecule has 1 aliphatic rings. The van der Waals surface area contributed by atoms with Crippen LogP contribution >= 0.6 is 0 Å². The Morgan fingerprint density at radius 2 is 1.63 bits per heavy atom. The lowest BCUT2D eigenvalue weighted by molar-refractivity contribution is 0.178. The van der Waals surface area contributed by atoms with Crippen molar-refractivity contribution in [3.63, 3.8) is 0 Å². The first-order valence-corrected chi connectivity index (χ1v) is 7.39. The zero-order valence-corrected chi connectivity index (χ0v) is 13.1. The second kappa shape index (κ2) is 5.64. The van der Waals surface area contributed by atoms with Crippen LogP contribution in [0.15, 0.2) is 6.07 Å². The van der Waals surface area contributed by atoms with E-state index in [1.165, 1.54) is 47.2 Å². The number of hydrogen-bond acceptors (Lipinski definition) is 2. The minimum atomic E-state index is 0.461. The number of aryl methyl sites for hydroxylation is 2. The minimum absolute atomic E-state index is 0.461. The molecule has 0 radical (unpaired) electrons. The van der Waals surface area contributed by atoms with Gasteiger partial charge in [0.2, 0.25) is 0 Å². The molecular weight excluding hydrogens is 232 g/mol. The lowest BCUT2D eigenvalue weighted by Gasteiger charge is -2.35. The summed E-state index contributed by atoms with van der Waals surface area (Å²) in [4.78, 5) is 2.46. The third kappa shape index (κ3) is 3.18. The Morgan fingerprint density at radius 3 is 2.11 bits per heavy atom. The van der Waals surface area contributed by atoms with Gasteiger partial charge >= 0.3 is 0 Å². The van der Waals surface area contributed by atoms with Gasteiger partial charge in [0.05, 0.1) is 0 Å². The van der Waals surface area contributed by atoms with Gasteiger partial charge in [-0.3, -0.25) is 0 Å². The standard InChI is InChI=1S/C17H28N2/c1-11-6-12(2)14(4)17(13(11)3)10-19(5)9-15-7-16(18)8-15/h6,15-16H,7-10,18H2,1-5H3. The fraction of sp³-hybridized carbons (Fsp3) is 0.647. The van der Waals surface area contributed by atoms with Gasteiger partial charge < -0.3 is 10.6 Å². The zero-order chi connectivity index (χ0) is 14.2. The molecule has 1 saturated carbocycles. The van der Waals surface area contributed by atoms with E-state index in [1.54, 1.807) is 0 Å². The SMILES string of the molecule is Cc1cc(C)c(C)c(CN(C)CC2CC(N)C2)c1C. The predicted molar refractivity (Wildman–Crippen MR) is 82.4 cm³/mol. The van der Waals surface area contributed by atoms with Crippen LogP contribution in [0.25, 0.3) is 0 Å². The Balaban J connectivity index is 2.06. The predicted octanol–water partition coefficient (Wildman–Crippen LogP) is 3.09. The maximum Gasteiger partial charge on any atom is 0.0236 e. The van der Waals surface area contributed by atoms with Crippen molar-refractivity contribution in [2.75, 3.05) is 13.6 Å². The van der Waals surface area contributed by atoms with Crippen LogP contribution < -0.4 is 5.73 Å². The van der Waals surface area contributed by atoms with Gasteiger partial charge in [-0.25, -0.2) is 0 Å². The average Bonchev–Trinajstić information content (AvgIpc) is 2.30. The summed E-state index contributed by atoms with van der Waals surface area (Å²) in [6.07, 6.45) is 2.41. The van der Waals surface area contributed by atoms with E-state index < -0.39 is 0 Å². The van der Waals surface area contributed by atoms with Crippen LogP contribution in [0.5, 0.6) is 0 Å². The van der Waals surface area contributed by atoms with Gasteiger partial charge in [-0.15, -0.1) is 0 Å². The van der Waals surface area contributed by atoms with Gasteiger partial charge in [-0.2, -0.15) is 0 Å². The molecule has 0 bridgehead atoms. The molecule has 19 heavy (non-hydrogen) atoms. The molecule has 0 heterocycles. The van der Waals surface area contributed by atoms with Crippen LogP contribution in [-0.2, 0) is 6.54 Å². The quantitative estimate of drug-likeness (QED) is 0.901. The summed E-state index contributed by atoms with van der Waals surface area (Å²) in [5.41, 5.74) is 13.1. The molecule has 0 aromatic heterocycles. The van der Waals surface area contributed by atoms with E-state index in [1.807, 2.05) is 0 Å². The third-order valence-corrected chi connectivity index (χ3v) is 4.79. The number of rotatable bonds is 4. The molecule has 0 spiro atoms. The summed E-state index contributed by atoms with van der Waals surface area (Å²) in [6, 6.07) is 2.77. The Kier molecular flexibility index (Phi) is 4.32. The molecule has 1 aromatic carbocycles. The summed E-state index contributed by atoms with van der Waals surface area (Å²) in [5.74, 6) is 0.812. The van der Waals surface area contributed by atoms with Gasteiger partial charge in [0.25, 0.3) is 0 Å². The maximum atomic E-state index is 5.87. The molecule has 1 aliphatic carbocycles. The molecule has 0 saturated heterocycles. The second-order valence-corrected chi connectivity index (χ2v) is 6.53. The van der Waals surface area contributed by atoms with Crippen molar-refractivity contribution in [1.82, 2.24) is 4.90 Å². The molecule has 0 amide bonds. The molecule has 106 valence electrons. The van der Waals surface area contributed by atoms with Crippen LogP contribution in [0.3, 0.4) is 0 Å².